The Balaban J connectivity index is 1.64. The maximum atomic E-state index is 12.7. The van der Waals surface area contributed by atoms with Crippen molar-refractivity contribution in [3.05, 3.63) is 60.2 Å². The Labute approximate surface area is 163 Å². The van der Waals surface area contributed by atoms with E-state index in [4.69, 9.17) is 4.74 Å². The number of rotatable bonds is 6. The Hall–Kier alpha value is -2.47. The molecule has 1 heterocycles. The van der Waals surface area contributed by atoms with Crippen LogP contribution < -0.4 is 15.4 Å². The molecule has 5 nitrogen and oxygen atoms in total. The number of carbonyl (C=O) groups excluding carboxylic acids is 2. The number of nitrogens with one attached hydrogen (secondary N) is 2. The molecule has 0 aromatic heterocycles. The average molecular weight is 385 g/mol. The third-order valence-electron chi connectivity index (χ3n) is 4.63. The summed E-state index contributed by atoms with van der Waals surface area (Å²) in [6.45, 7) is 1.89. The molecule has 1 fully saturated rings. The number of hydrogen-bond donors (Lipinski definition) is 2. The van der Waals surface area contributed by atoms with Gasteiger partial charge in [-0.1, -0.05) is 30.3 Å². The van der Waals surface area contributed by atoms with Crippen LogP contribution in [0, 0.1) is 0 Å². The molecule has 6 heteroatoms. The summed E-state index contributed by atoms with van der Waals surface area (Å²) < 4.78 is 5.16. The first-order valence-corrected chi connectivity index (χ1v) is 9.90. The smallest absolute Gasteiger partial charge is 0.233 e. The lowest BCUT2D eigenvalue weighted by Crippen LogP contribution is -2.51. The van der Waals surface area contributed by atoms with E-state index in [2.05, 4.69) is 10.6 Å². The first kappa shape index (κ1) is 19.3. The van der Waals surface area contributed by atoms with Gasteiger partial charge in [0.15, 0.2) is 0 Å². The lowest BCUT2D eigenvalue weighted by molar-refractivity contribution is -0.126. The summed E-state index contributed by atoms with van der Waals surface area (Å²) in [5.41, 5.74) is 1.01. The lowest BCUT2D eigenvalue weighted by Gasteiger charge is -2.33. The van der Waals surface area contributed by atoms with Crippen LogP contribution in [0.5, 0.6) is 5.75 Å². The van der Waals surface area contributed by atoms with E-state index in [1.54, 1.807) is 7.11 Å². The van der Waals surface area contributed by atoms with E-state index < -0.39 is 0 Å². The fraction of sp³-hybridized carbons (Fsp3) is 0.333. The highest BCUT2D eigenvalue weighted by molar-refractivity contribution is 8.00. The van der Waals surface area contributed by atoms with Crippen molar-refractivity contribution in [3.63, 3.8) is 0 Å². The van der Waals surface area contributed by atoms with E-state index in [0.717, 1.165) is 16.2 Å². The van der Waals surface area contributed by atoms with Crippen molar-refractivity contribution in [2.45, 2.75) is 42.0 Å². The molecule has 0 spiro atoms. The minimum Gasteiger partial charge on any atom is -0.497 e. The zero-order valence-corrected chi connectivity index (χ0v) is 16.3. The highest BCUT2D eigenvalue weighted by atomic mass is 32.2. The van der Waals surface area contributed by atoms with E-state index in [1.807, 2.05) is 61.5 Å². The Bertz CT molecular complexity index is 780. The molecular weight excluding hydrogens is 360 g/mol. The van der Waals surface area contributed by atoms with Crippen LogP contribution in [-0.4, -0.2) is 30.2 Å². The van der Waals surface area contributed by atoms with Crippen molar-refractivity contribution in [3.8, 4) is 5.75 Å². The molecule has 0 aliphatic carbocycles. The lowest BCUT2D eigenvalue weighted by atomic mass is 9.92. The maximum absolute atomic E-state index is 12.7. The predicted octanol–water partition coefficient (Wildman–Crippen LogP) is 3.31. The number of methoxy groups -OCH3 is 1. The van der Waals surface area contributed by atoms with Gasteiger partial charge in [-0.25, -0.2) is 0 Å². The summed E-state index contributed by atoms with van der Waals surface area (Å²) >= 11 is 1.50. The number of thioether (sulfide) groups is 1. The quantitative estimate of drug-likeness (QED) is 0.750. The van der Waals surface area contributed by atoms with Crippen molar-refractivity contribution < 1.29 is 14.3 Å². The van der Waals surface area contributed by atoms with Crippen LogP contribution in [0.25, 0.3) is 0 Å². The average Bonchev–Trinajstić information content (AvgIpc) is 2.70. The van der Waals surface area contributed by atoms with Gasteiger partial charge in [-0.15, -0.1) is 11.8 Å². The Kier molecular flexibility index (Phi) is 6.40. The number of carbonyl (C=O) groups is 2. The molecule has 3 rings (SSSR count). The number of amides is 2. The van der Waals surface area contributed by atoms with Gasteiger partial charge in [-0.2, -0.15) is 0 Å². The molecule has 2 aromatic rings. The van der Waals surface area contributed by atoms with Crippen molar-refractivity contribution in [2.75, 3.05) is 7.11 Å². The van der Waals surface area contributed by atoms with E-state index in [0.29, 0.717) is 12.8 Å². The third kappa shape index (κ3) is 5.04. The van der Waals surface area contributed by atoms with Gasteiger partial charge in [-0.05, 0) is 43.2 Å². The Morgan fingerprint density at radius 1 is 1.19 bits per heavy atom. The van der Waals surface area contributed by atoms with Crippen LogP contribution in [0.4, 0.5) is 0 Å². The van der Waals surface area contributed by atoms with Crippen LogP contribution in [0.15, 0.2) is 59.5 Å². The normalized spacial score (nSPS) is 20.4. The molecule has 1 aliphatic rings. The zero-order chi connectivity index (χ0) is 19.2. The summed E-state index contributed by atoms with van der Waals surface area (Å²) in [5.74, 6) is 0.785. The van der Waals surface area contributed by atoms with Gasteiger partial charge in [0.25, 0.3) is 0 Å². The van der Waals surface area contributed by atoms with E-state index in [9.17, 15) is 9.59 Å². The highest BCUT2D eigenvalue weighted by Crippen LogP contribution is 2.27. The first-order valence-electron chi connectivity index (χ1n) is 9.02. The van der Waals surface area contributed by atoms with Gasteiger partial charge >= 0.3 is 0 Å². The summed E-state index contributed by atoms with van der Waals surface area (Å²) in [7, 11) is 1.63. The van der Waals surface area contributed by atoms with Crippen molar-refractivity contribution in [1.29, 1.82) is 0 Å². The standard InChI is InChI=1S/C21H24N2O3S/c1-14(27-17-10-8-16(26-2)9-11-17)21(25)22-18-12-13-19(24)23-20(18)15-6-4-3-5-7-15/h3-11,14,18,20H,12-13H2,1-2H3,(H,22,25)(H,23,24)/t14-,18-,20+/m1/s1. The minimum absolute atomic E-state index is 0.0232. The monoisotopic (exact) mass is 384 g/mol. The van der Waals surface area contributed by atoms with Crippen LogP contribution in [0.3, 0.4) is 0 Å². The molecule has 2 amide bonds. The van der Waals surface area contributed by atoms with Crippen molar-refractivity contribution in [2.24, 2.45) is 0 Å². The number of piperidine rings is 1. The number of hydrogen-bond acceptors (Lipinski definition) is 4. The third-order valence-corrected chi connectivity index (χ3v) is 5.74. The Morgan fingerprint density at radius 3 is 2.56 bits per heavy atom. The molecule has 3 atom stereocenters. The SMILES string of the molecule is COc1ccc(S[C@H](C)C(=O)N[C@@H]2CCC(=O)N[C@H]2c2ccccc2)cc1. The highest BCUT2D eigenvalue weighted by Gasteiger charge is 2.31. The van der Waals surface area contributed by atoms with Crippen LogP contribution in [-0.2, 0) is 9.59 Å². The second-order valence-corrected chi connectivity index (χ2v) is 7.96. The molecule has 142 valence electrons. The second-order valence-electron chi connectivity index (χ2n) is 6.55. The van der Waals surface area contributed by atoms with Gasteiger partial charge in [-0.3, -0.25) is 9.59 Å². The zero-order valence-electron chi connectivity index (χ0n) is 15.5. The topological polar surface area (TPSA) is 67.4 Å². The first-order chi connectivity index (χ1) is 13.1. The van der Waals surface area contributed by atoms with E-state index in [1.165, 1.54) is 11.8 Å². The van der Waals surface area contributed by atoms with Gasteiger partial charge in [0, 0.05) is 11.3 Å². The summed E-state index contributed by atoms with van der Waals surface area (Å²) in [6, 6.07) is 17.1. The van der Waals surface area contributed by atoms with Gasteiger partial charge in [0.2, 0.25) is 11.8 Å². The molecule has 1 saturated heterocycles. The molecule has 2 N–H and O–H groups in total. The number of benzene rings is 2. The molecule has 2 aromatic carbocycles. The van der Waals surface area contributed by atoms with Gasteiger partial charge < -0.3 is 15.4 Å². The summed E-state index contributed by atoms with van der Waals surface area (Å²) in [5, 5.41) is 5.90. The Morgan fingerprint density at radius 2 is 1.89 bits per heavy atom. The molecule has 1 aliphatic heterocycles. The van der Waals surface area contributed by atoms with Crippen LogP contribution >= 0.6 is 11.8 Å². The van der Waals surface area contributed by atoms with E-state index in [-0.39, 0.29) is 29.1 Å². The fourth-order valence-corrected chi connectivity index (χ4v) is 4.02. The molecule has 27 heavy (non-hydrogen) atoms. The van der Waals surface area contributed by atoms with Crippen LogP contribution in [0.1, 0.15) is 31.4 Å². The molecule has 0 bridgehead atoms. The summed E-state index contributed by atoms with van der Waals surface area (Å²) in [4.78, 5) is 25.6. The predicted molar refractivity (Wildman–Crippen MR) is 107 cm³/mol. The molecule has 0 saturated carbocycles. The summed E-state index contributed by atoms with van der Waals surface area (Å²) in [6.07, 6.45) is 1.06. The van der Waals surface area contributed by atoms with Gasteiger partial charge in [0.05, 0.1) is 24.4 Å². The van der Waals surface area contributed by atoms with E-state index >= 15 is 0 Å². The molecular formula is C21H24N2O3S. The number of ether oxygens (including phenoxy) is 1. The van der Waals surface area contributed by atoms with Gasteiger partial charge in [0.1, 0.15) is 5.75 Å². The maximum Gasteiger partial charge on any atom is 0.233 e. The molecule has 0 unspecified atom stereocenters. The van der Waals surface area contributed by atoms with Crippen molar-refractivity contribution in [1.82, 2.24) is 10.6 Å². The fourth-order valence-electron chi connectivity index (χ4n) is 3.14. The minimum atomic E-state index is -0.243. The largest absolute Gasteiger partial charge is 0.497 e. The van der Waals surface area contributed by atoms with Crippen LogP contribution in [0.2, 0.25) is 0 Å². The second kappa shape index (κ2) is 8.95. The molecule has 0 radical (unpaired) electrons. The van der Waals surface area contributed by atoms with Crippen molar-refractivity contribution >= 4 is 23.6 Å².